The van der Waals surface area contributed by atoms with Gasteiger partial charge in [0.05, 0.1) is 31.0 Å². The molecular formula is C40H64O8Si. The Morgan fingerprint density at radius 1 is 1.12 bits per heavy atom. The smallest absolute Gasteiger partial charge is 0.316 e. The zero-order valence-electron chi connectivity index (χ0n) is 32.0. The summed E-state index contributed by atoms with van der Waals surface area (Å²) in [4.78, 5) is 14.5. The molecule has 5 rings (SSSR count). The molecule has 3 saturated heterocycles. The van der Waals surface area contributed by atoms with Crippen LogP contribution in [-0.2, 0) is 28.2 Å². The number of hydrogen-bond acceptors (Lipinski definition) is 8. The van der Waals surface area contributed by atoms with Crippen molar-refractivity contribution in [2.45, 2.75) is 167 Å². The molecule has 2 N–H and O–H groups in total. The largest absolute Gasteiger partial charge is 0.462 e. The lowest BCUT2D eigenvalue weighted by molar-refractivity contribution is -0.340. The molecule has 9 heteroatoms. The molecule has 0 amide bonds. The van der Waals surface area contributed by atoms with E-state index in [9.17, 15) is 15.0 Å². The van der Waals surface area contributed by atoms with Gasteiger partial charge in [-0.05, 0) is 73.4 Å². The Labute approximate surface area is 296 Å². The third kappa shape index (κ3) is 7.65. The molecule has 3 fully saturated rings. The Bertz CT molecular complexity index is 1340. The lowest BCUT2D eigenvalue weighted by Gasteiger charge is -2.51. The average Bonchev–Trinajstić information content (AvgIpc) is 3.36. The summed E-state index contributed by atoms with van der Waals surface area (Å²) >= 11 is 0. The highest BCUT2D eigenvalue weighted by Gasteiger charge is 2.61. The summed E-state index contributed by atoms with van der Waals surface area (Å²) in [6, 6.07) is 0. The normalized spacial score (nSPS) is 44.1. The van der Waals surface area contributed by atoms with Gasteiger partial charge < -0.3 is 33.6 Å². The molecule has 1 spiro atoms. The molecule has 1 aliphatic carbocycles. The molecule has 4 aliphatic heterocycles. The maximum absolute atomic E-state index is 14.5. The third-order valence-electron chi connectivity index (χ3n) is 12.7. The van der Waals surface area contributed by atoms with Crippen LogP contribution in [0.15, 0.2) is 47.1 Å². The monoisotopic (exact) mass is 700 g/mol. The van der Waals surface area contributed by atoms with Crippen molar-refractivity contribution in [2.24, 2.45) is 23.7 Å². The Balaban J connectivity index is 1.55. The number of allylic oxidation sites excluding steroid dienone is 2. The Morgan fingerprint density at radius 2 is 1.84 bits per heavy atom. The van der Waals surface area contributed by atoms with Crippen molar-refractivity contribution in [3.63, 3.8) is 0 Å². The number of aliphatic hydroxyl groups is 2. The van der Waals surface area contributed by atoms with Gasteiger partial charge in [0, 0.05) is 25.2 Å². The van der Waals surface area contributed by atoms with E-state index >= 15 is 0 Å². The van der Waals surface area contributed by atoms with Crippen LogP contribution in [0.5, 0.6) is 0 Å². The van der Waals surface area contributed by atoms with E-state index in [1.807, 2.05) is 45.1 Å². The van der Waals surface area contributed by atoms with Crippen LogP contribution in [0.4, 0.5) is 0 Å². The second-order valence-corrected chi connectivity index (χ2v) is 22.2. The number of ether oxygens (including phenoxy) is 4. The van der Waals surface area contributed by atoms with Gasteiger partial charge in [0.2, 0.25) is 0 Å². The minimum atomic E-state index is -2.29. The summed E-state index contributed by atoms with van der Waals surface area (Å²) in [6.45, 7) is 23.7. The first-order valence-electron chi connectivity index (χ1n) is 18.8. The first-order chi connectivity index (χ1) is 22.8. The van der Waals surface area contributed by atoms with E-state index in [0.717, 1.165) is 30.4 Å². The van der Waals surface area contributed by atoms with E-state index in [1.165, 1.54) is 0 Å². The van der Waals surface area contributed by atoms with Gasteiger partial charge in [-0.15, -0.1) is 0 Å². The van der Waals surface area contributed by atoms with Gasteiger partial charge in [-0.25, -0.2) is 0 Å². The van der Waals surface area contributed by atoms with Crippen molar-refractivity contribution in [3.8, 4) is 0 Å². The van der Waals surface area contributed by atoms with Crippen LogP contribution in [0.25, 0.3) is 0 Å². The molecule has 12 atom stereocenters. The molecule has 0 radical (unpaired) electrons. The van der Waals surface area contributed by atoms with Gasteiger partial charge >= 0.3 is 5.97 Å². The Morgan fingerprint density at radius 3 is 2.51 bits per heavy atom. The van der Waals surface area contributed by atoms with Crippen LogP contribution in [0.1, 0.15) is 101 Å². The summed E-state index contributed by atoms with van der Waals surface area (Å²) in [5.74, 6) is -1.72. The summed E-state index contributed by atoms with van der Waals surface area (Å²) in [7, 11) is -2.29. The maximum atomic E-state index is 14.5. The fourth-order valence-electron chi connectivity index (χ4n) is 8.18. The van der Waals surface area contributed by atoms with E-state index in [-0.39, 0.29) is 29.8 Å². The Hall–Kier alpha value is -1.59. The zero-order valence-corrected chi connectivity index (χ0v) is 33.0. The minimum absolute atomic E-state index is 0.0463. The van der Waals surface area contributed by atoms with E-state index in [4.69, 9.17) is 23.4 Å². The highest BCUT2D eigenvalue weighted by atomic mass is 28.4. The fourth-order valence-corrected chi connectivity index (χ4v) is 9.48. The highest BCUT2D eigenvalue weighted by Crippen LogP contribution is 2.50. The standard InChI is InChI=1S/C40H64O8Si/c1-12-24(2)34-27(5)18-19-39(47-34)22-31-21-30(46-39)17-16-26(4)33(41)25(3)14-13-15-29-23-44-36-35(48-49(10,11)38(7,8)9)28(6)20-32(37(42)45-31)40(29,36)43/h13-16,20,24-25,27,30-36,41,43H,12,17-19,21-23H2,1-11H3/b14-13+,26-16+,29-15+/t24-,25-,27-,30+,31-,32-,33+,34+,35+,36+,39+,40+/m0/s1. The average molecular weight is 701 g/mol. The number of carbonyl (C=O) groups excluding carboxylic acids is 1. The SMILES string of the molecule is CC[C@H](C)[C@H]1O[C@]2(CC[C@@H]1C)C[C@@H]1C[C@@H](C/C=C(\C)[C@H](O)[C@@H](C)/C=C/C=C3\CO[C@@H]4[C@H](O[Si](C)(C)C(C)(C)C)C(C)=C[C@@H](C(=O)O1)[C@]34O)O2. The second-order valence-electron chi connectivity index (χ2n) is 17.4. The number of rotatable bonds is 4. The molecule has 0 saturated carbocycles. The number of carbonyl (C=O) groups is 1. The van der Waals surface area contributed by atoms with Crippen LogP contribution >= 0.6 is 0 Å². The van der Waals surface area contributed by atoms with Crippen LogP contribution in [0.3, 0.4) is 0 Å². The lowest BCUT2D eigenvalue weighted by Crippen LogP contribution is -2.60. The molecule has 5 aliphatic rings. The van der Waals surface area contributed by atoms with Crippen LogP contribution < -0.4 is 0 Å². The van der Waals surface area contributed by atoms with Crippen molar-refractivity contribution >= 4 is 14.3 Å². The van der Waals surface area contributed by atoms with Gasteiger partial charge in [-0.2, -0.15) is 0 Å². The van der Waals surface area contributed by atoms with Crippen molar-refractivity contribution < 1.29 is 38.4 Å². The number of fused-ring (bicyclic) bond motifs is 2. The number of hydrogen-bond donors (Lipinski definition) is 2. The van der Waals surface area contributed by atoms with Gasteiger partial charge in [0.1, 0.15) is 23.7 Å². The quantitative estimate of drug-likeness (QED) is 0.176. The van der Waals surface area contributed by atoms with Gasteiger partial charge in [0.25, 0.3) is 0 Å². The molecule has 0 aromatic carbocycles. The highest BCUT2D eigenvalue weighted by molar-refractivity contribution is 6.74. The lowest BCUT2D eigenvalue weighted by atomic mass is 9.71. The molecular weight excluding hydrogens is 637 g/mol. The van der Waals surface area contributed by atoms with Crippen LogP contribution in [0, 0.1) is 23.7 Å². The van der Waals surface area contributed by atoms with E-state index in [0.29, 0.717) is 36.7 Å². The van der Waals surface area contributed by atoms with Crippen LogP contribution in [0.2, 0.25) is 18.1 Å². The molecule has 0 aromatic heterocycles. The van der Waals surface area contributed by atoms with Crippen molar-refractivity contribution in [1.29, 1.82) is 0 Å². The predicted molar refractivity (Wildman–Crippen MR) is 194 cm³/mol. The first kappa shape index (κ1) is 38.6. The molecule has 0 unspecified atom stereocenters. The summed E-state index contributed by atoms with van der Waals surface area (Å²) in [6.07, 6.45) is 11.1. The Kier molecular flexibility index (Phi) is 11.4. The molecule has 0 aromatic rings. The van der Waals surface area contributed by atoms with Crippen molar-refractivity contribution in [3.05, 3.63) is 47.1 Å². The molecule has 49 heavy (non-hydrogen) atoms. The number of esters is 1. The van der Waals surface area contributed by atoms with Crippen molar-refractivity contribution in [2.75, 3.05) is 6.61 Å². The topological polar surface area (TPSA) is 104 Å². The van der Waals surface area contributed by atoms with E-state index in [1.54, 1.807) is 0 Å². The maximum Gasteiger partial charge on any atom is 0.316 e. The molecule has 8 nitrogen and oxygen atoms in total. The van der Waals surface area contributed by atoms with Crippen LogP contribution in [-0.4, -0.2) is 79.1 Å². The summed E-state index contributed by atoms with van der Waals surface area (Å²) < 4.78 is 33.5. The van der Waals surface area contributed by atoms with Gasteiger partial charge in [-0.3, -0.25) is 4.79 Å². The zero-order chi connectivity index (χ0) is 36.1. The fraction of sp³-hybridized carbons (Fsp3) is 0.775. The molecule has 4 heterocycles. The summed E-state index contributed by atoms with van der Waals surface area (Å²) in [5, 5.41) is 24.0. The van der Waals surface area contributed by atoms with E-state index in [2.05, 4.69) is 60.7 Å². The third-order valence-corrected chi connectivity index (χ3v) is 17.1. The predicted octanol–water partition coefficient (Wildman–Crippen LogP) is 7.56. The summed E-state index contributed by atoms with van der Waals surface area (Å²) in [5.41, 5.74) is 0.674. The van der Waals surface area contributed by atoms with Crippen molar-refractivity contribution in [1.82, 2.24) is 0 Å². The van der Waals surface area contributed by atoms with Gasteiger partial charge in [-0.1, -0.05) is 85.3 Å². The van der Waals surface area contributed by atoms with E-state index < -0.39 is 56.0 Å². The number of aliphatic hydroxyl groups excluding tert-OH is 1. The van der Waals surface area contributed by atoms with Gasteiger partial charge in [0.15, 0.2) is 14.1 Å². The minimum Gasteiger partial charge on any atom is -0.462 e. The first-order valence-corrected chi connectivity index (χ1v) is 21.7. The molecule has 2 bridgehead atoms. The molecule has 276 valence electrons. The second kappa shape index (κ2) is 14.4.